The average molecular weight is 493 g/mol. The number of nitrogens with zero attached hydrogens (tertiary/aromatic N) is 3. The summed E-state index contributed by atoms with van der Waals surface area (Å²) in [7, 11) is 0. The normalized spacial score (nSPS) is 11.3. The van der Waals surface area contributed by atoms with Crippen LogP contribution in [0.4, 0.5) is 5.69 Å². The third-order valence-electron chi connectivity index (χ3n) is 5.76. The first-order valence-electron chi connectivity index (χ1n) is 11.9. The lowest BCUT2D eigenvalue weighted by atomic mass is 9.87. The van der Waals surface area contributed by atoms with Gasteiger partial charge in [-0.25, -0.2) is 0 Å². The molecule has 0 aliphatic carbocycles. The predicted molar refractivity (Wildman–Crippen MR) is 144 cm³/mol. The second kappa shape index (κ2) is 12.1. The summed E-state index contributed by atoms with van der Waals surface area (Å²) in [5, 5.41) is 12.3. The standard InChI is InChI=1S/C28H36N4O2S/c1-7-16-32-25(9-8-17-34-24-14-11-22(12-15-24)28(4,5)6)30-31-27(32)35-19-26(33)29-23-13-10-20(2)21(3)18-23/h7,10-15,18H,1,8-9,16-17,19H2,2-6H3,(H,29,33). The van der Waals surface area contributed by atoms with Gasteiger partial charge in [0.2, 0.25) is 5.91 Å². The van der Waals surface area contributed by atoms with Crippen molar-refractivity contribution >= 4 is 23.4 Å². The maximum Gasteiger partial charge on any atom is 0.234 e. The van der Waals surface area contributed by atoms with Crippen LogP contribution in [0.3, 0.4) is 0 Å². The van der Waals surface area contributed by atoms with Crippen molar-refractivity contribution in [2.75, 3.05) is 17.7 Å². The summed E-state index contributed by atoms with van der Waals surface area (Å²) in [4.78, 5) is 12.5. The molecule has 0 bridgehead atoms. The van der Waals surface area contributed by atoms with Gasteiger partial charge in [-0.2, -0.15) is 0 Å². The minimum absolute atomic E-state index is 0.0705. The number of allylic oxidation sites excluding steroid dienone is 1. The van der Waals surface area contributed by atoms with Crippen molar-refractivity contribution in [3.63, 3.8) is 0 Å². The molecule has 0 aliphatic rings. The Kier molecular flexibility index (Phi) is 9.15. The Morgan fingerprint density at radius 3 is 2.51 bits per heavy atom. The fourth-order valence-electron chi connectivity index (χ4n) is 3.54. The minimum atomic E-state index is -0.0705. The lowest BCUT2D eigenvalue weighted by Crippen LogP contribution is -2.15. The molecule has 1 heterocycles. The number of amides is 1. The van der Waals surface area contributed by atoms with Gasteiger partial charge in [0, 0.05) is 18.7 Å². The number of carbonyl (C=O) groups excluding carboxylic acids is 1. The molecule has 1 N–H and O–H groups in total. The van der Waals surface area contributed by atoms with E-state index in [0.29, 0.717) is 18.3 Å². The molecule has 0 aliphatic heterocycles. The van der Waals surface area contributed by atoms with Crippen LogP contribution in [-0.2, 0) is 23.2 Å². The molecule has 3 aromatic rings. The maximum absolute atomic E-state index is 12.5. The van der Waals surface area contributed by atoms with E-state index in [9.17, 15) is 4.79 Å². The van der Waals surface area contributed by atoms with Gasteiger partial charge in [0.05, 0.1) is 12.4 Å². The van der Waals surface area contributed by atoms with Gasteiger partial charge in [0.1, 0.15) is 11.6 Å². The highest BCUT2D eigenvalue weighted by Crippen LogP contribution is 2.24. The van der Waals surface area contributed by atoms with Crippen molar-refractivity contribution in [2.45, 2.75) is 64.6 Å². The molecular weight excluding hydrogens is 456 g/mol. The first-order chi connectivity index (χ1) is 16.7. The Bertz CT molecular complexity index is 1150. The molecule has 0 fully saturated rings. The fraction of sp³-hybridized carbons (Fsp3) is 0.393. The van der Waals surface area contributed by atoms with Gasteiger partial charge in [-0.05, 0) is 66.6 Å². The first kappa shape index (κ1) is 26.5. The SMILES string of the molecule is C=CCn1c(CCCOc2ccc(C(C)(C)C)cc2)nnc1SCC(=O)Nc1ccc(C)c(C)c1. The molecule has 1 amide bonds. The zero-order valence-corrected chi connectivity index (χ0v) is 22.2. The molecule has 35 heavy (non-hydrogen) atoms. The zero-order valence-electron chi connectivity index (χ0n) is 21.4. The van der Waals surface area contributed by atoms with Crippen LogP contribution >= 0.6 is 11.8 Å². The first-order valence-corrected chi connectivity index (χ1v) is 12.9. The Balaban J connectivity index is 1.50. The Hall–Kier alpha value is -3.06. The molecule has 3 rings (SSSR count). The fourth-order valence-corrected chi connectivity index (χ4v) is 4.31. The number of thioether (sulfide) groups is 1. The topological polar surface area (TPSA) is 69.0 Å². The third-order valence-corrected chi connectivity index (χ3v) is 6.73. The summed E-state index contributed by atoms with van der Waals surface area (Å²) in [5.41, 5.74) is 4.57. The van der Waals surface area contributed by atoms with E-state index in [1.54, 1.807) is 0 Å². The van der Waals surface area contributed by atoms with Crippen molar-refractivity contribution in [3.8, 4) is 5.75 Å². The highest BCUT2D eigenvalue weighted by atomic mass is 32.2. The van der Waals surface area contributed by atoms with Crippen molar-refractivity contribution in [1.82, 2.24) is 14.8 Å². The van der Waals surface area contributed by atoms with Crippen LogP contribution in [0.15, 0.2) is 60.3 Å². The molecule has 0 saturated carbocycles. The average Bonchev–Trinajstić information content (AvgIpc) is 3.19. The van der Waals surface area contributed by atoms with Crippen molar-refractivity contribution < 1.29 is 9.53 Å². The minimum Gasteiger partial charge on any atom is -0.494 e. The van der Waals surface area contributed by atoms with Crippen LogP contribution in [0.25, 0.3) is 0 Å². The second-order valence-corrected chi connectivity index (χ2v) is 10.6. The van der Waals surface area contributed by atoms with Crippen LogP contribution in [0.2, 0.25) is 0 Å². The molecule has 6 nitrogen and oxygen atoms in total. The Morgan fingerprint density at radius 1 is 1.11 bits per heavy atom. The zero-order chi connectivity index (χ0) is 25.4. The van der Waals surface area contributed by atoms with Gasteiger partial charge in [-0.1, -0.05) is 56.8 Å². The van der Waals surface area contributed by atoms with Gasteiger partial charge in [-0.3, -0.25) is 4.79 Å². The van der Waals surface area contributed by atoms with Gasteiger partial charge >= 0.3 is 0 Å². The largest absolute Gasteiger partial charge is 0.494 e. The van der Waals surface area contributed by atoms with E-state index in [0.717, 1.165) is 35.7 Å². The quantitative estimate of drug-likeness (QED) is 0.198. The number of carbonyl (C=O) groups is 1. The van der Waals surface area contributed by atoms with E-state index in [1.807, 2.05) is 47.9 Å². The number of hydrogen-bond donors (Lipinski definition) is 1. The number of rotatable bonds is 11. The van der Waals surface area contributed by atoms with E-state index in [4.69, 9.17) is 4.74 Å². The van der Waals surface area contributed by atoms with Gasteiger partial charge in [0.25, 0.3) is 0 Å². The number of aryl methyl sites for hydroxylation is 3. The Morgan fingerprint density at radius 2 is 1.86 bits per heavy atom. The summed E-state index contributed by atoms with van der Waals surface area (Å²) in [6.45, 7) is 15.7. The van der Waals surface area contributed by atoms with Crippen molar-refractivity contribution in [2.24, 2.45) is 0 Å². The van der Waals surface area contributed by atoms with Gasteiger partial charge < -0.3 is 14.6 Å². The molecule has 0 spiro atoms. The van der Waals surface area contributed by atoms with Crippen LogP contribution in [0, 0.1) is 13.8 Å². The van der Waals surface area contributed by atoms with E-state index in [-0.39, 0.29) is 17.1 Å². The summed E-state index contributed by atoms with van der Waals surface area (Å²) in [6, 6.07) is 14.2. The van der Waals surface area contributed by atoms with E-state index in [1.165, 1.54) is 22.9 Å². The van der Waals surface area contributed by atoms with Crippen LogP contribution in [0.1, 0.15) is 49.7 Å². The van der Waals surface area contributed by atoms with Crippen LogP contribution in [0.5, 0.6) is 5.75 Å². The number of benzene rings is 2. The monoisotopic (exact) mass is 492 g/mol. The van der Waals surface area contributed by atoms with E-state index in [2.05, 4.69) is 61.9 Å². The summed E-state index contributed by atoms with van der Waals surface area (Å²) in [5.74, 6) is 1.93. The number of ether oxygens (including phenoxy) is 1. The third kappa shape index (κ3) is 7.72. The summed E-state index contributed by atoms with van der Waals surface area (Å²) >= 11 is 1.38. The van der Waals surface area contributed by atoms with Crippen LogP contribution in [-0.4, -0.2) is 33.0 Å². The Labute approximate surface area is 213 Å². The van der Waals surface area contributed by atoms with Crippen molar-refractivity contribution in [1.29, 1.82) is 0 Å². The molecular formula is C28H36N4O2S. The van der Waals surface area contributed by atoms with Crippen molar-refractivity contribution in [3.05, 3.63) is 77.6 Å². The predicted octanol–water partition coefficient (Wildman–Crippen LogP) is 6.12. The lowest BCUT2D eigenvalue weighted by Gasteiger charge is -2.19. The number of hydrogen-bond acceptors (Lipinski definition) is 5. The highest BCUT2D eigenvalue weighted by molar-refractivity contribution is 7.99. The summed E-state index contributed by atoms with van der Waals surface area (Å²) in [6.07, 6.45) is 3.36. The number of nitrogens with one attached hydrogen (secondary N) is 1. The molecule has 7 heteroatoms. The molecule has 186 valence electrons. The molecule has 0 atom stereocenters. The summed E-state index contributed by atoms with van der Waals surface area (Å²) < 4.78 is 7.93. The molecule has 0 unspecified atom stereocenters. The van der Waals surface area contributed by atoms with E-state index >= 15 is 0 Å². The molecule has 0 radical (unpaired) electrons. The van der Waals surface area contributed by atoms with E-state index < -0.39 is 0 Å². The maximum atomic E-state index is 12.5. The molecule has 2 aromatic carbocycles. The van der Waals surface area contributed by atoms with Gasteiger partial charge in [0.15, 0.2) is 5.16 Å². The highest BCUT2D eigenvalue weighted by Gasteiger charge is 2.15. The second-order valence-electron chi connectivity index (χ2n) is 9.66. The number of anilines is 1. The van der Waals surface area contributed by atoms with Crippen LogP contribution < -0.4 is 10.1 Å². The molecule has 0 saturated heterocycles. The lowest BCUT2D eigenvalue weighted by molar-refractivity contribution is -0.113. The molecule has 1 aromatic heterocycles. The smallest absolute Gasteiger partial charge is 0.234 e. The number of aromatic nitrogens is 3. The van der Waals surface area contributed by atoms with Gasteiger partial charge in [-0.15, -0.1) is 16.8 Å².